The highest BCUT2D eigenvalue weighted by Crippen LogP contribution is 2.63. The Morgan fingerprint density at radius 2 is 2.08 bits per heavy atom. The number of cyclic esters (lactones) is 1. The lowest BCUT2D eigenvalue weighted by molar-refractivity contribution is -0.203. The molecule has 0 unspecified atom stereocenters. The highest BCUT2D eigenvalue weighted by atomic mass is 16.5. The Balaban J connectivity index is 1.91. The van der Waals surface area contributed by atoms with Gasteiger partial charge in [0.25, 0.3) is 0 Å². The average molecular weight is 350 g/mol. The zero-order valence-corrected chi connectivity index (χ0v) is 15.3. The lowest BCUT2D eigenvalue weighted by atomic mass is 9.44. The van der Waals surface area contributed by atoms with Gasteiger partial charge in [0.2, 0.25) is 0 Å². The van der Waals surface area contributed by atoms with Crippen LogP contribution in [-0.4, -0.2) is 46.2 Å². The Bertz CT molecular complexity index is 611. The maximum absolute atomic E-state index is 11.7. The molecule has 2 aliphatic carbocycles. The van der Waals surface area contributed by atoms with Crippen molar-refractivity contribution in [2.45, 2.75) is 64.1 Å². The Morgan fingerprint density at radius 1 is 1.36 bits per heavy atom. The molecule has 0 bridgehead atoms. The van der Waals surface area contributed by atoms with Crippen molar-refractivity contribution in [1.29, 1.82) is 0 Å². The summed E-state index contributed by atoms with van der Waals surface area (Å²) in [5.74, 6) is -0.306. The first-order valence-corrected chi connectivity index (χ1v) is 9.25. The SMILES string of the molecule is C=C1CC[C@H]2[C@](C)(CO)[C@H](O)CC[C@]2(C)[C@@]1(O)CCC1=CCOC1=O. The van der Waals surface area contributed by atoms with Gasteiger partial charge in [0.1, 0.15) is 6.61 Å². The van der Waals surface area contributed by atoms with Crippen molar-refractivity contribution < 1.29 is 24.9 Å². The molecule has 5 atom stereocenters. The summed E-state index contributed by atoms with van der Waals surface area (Å²) < 4.78 is 4.96. The van der Waals surface area contributed by atoms with Crippen LogP contribution in [0.2, 0.25) is 0 Å². The number of aliphatic hydroxyl groups is 3. The predicted molar refractivity (Wildman–Crippen MR) is 93.6 cm³/mol. The third-order valence-corrected chi connectivity index (χ3v) is 7.43. The maximum Gasteiger partial charge on any atom is 0.334 e. The predicted octanol–water partition coefficient (Wildman–Crippen LogP) is 2.11. The van der Waals surface area contributed by atoms with Gasteiger partial charge >= 0.3 is 5.97 Å². The summed E-state index contributed by atoms with van der Waals surface area (Å²) in [6.45, 7) is 8.34. The van der Waals surface area contributed by atoms with E-state index in [-0.39, 0.29) is 18.5 Å². The third kappa shape index (κ3) is 2.59. The number of hydrogen-bond donors (Lipinski definition) is 3. The largest absolute Gasteiger partial charge is 0.458 e. The van der Waals surface area contributed by atoms with Crippen molar-refractivity contribution in [3.8, 4) is 0 Å². The quantitative estimate of drug-likeness (QED) is 0.534. The van der Waals surface area contributed by atoms with Crippen LogP contribution < -0.4 is 0 Å². The van der Waals surface area contributed by atoms with E-state index in [0.717, 1.165) is 12.0 Å². The molecule has 2 fully saturated rings. The van der Waals surface area contributed by atoms with Gasteiger partial charge in [-0.3, -0.25) is 0 Å². The second kappa shape index (κ2) is 6.22. The van der Waals surface area contributed by atoms with Crippen LogP contribution in [-0.2, 0) is 9.53 Å². The molecule has 25 heavy (non-hydrogen) atoms. The van der Waals surface area contributed by atoms with E-state index in [4.69, 9.17) is 4.74 Å². The summed E-state index contributed by atoms with van der Waals surface area (Å²) in [7, 11) is 0. The highest BCUT2D eigenvalue weighted by Gasteiger charge is 2.63. The molecule has 1 heterocycles. The summed E-state index contributed by atoms with van der Waals surface area (Å²) in [5.41, 5.74) is -0.812. The van der Waals surface area contributed by atoms with E-state index >= 15 is 0 Å². The van der Waals surface area contributed by atoms with Crippen LogP contribution in [0.5, 0.6) is 0 Å². The summed E-state index contributed by atoms with van der Waals surface area (Å²) in [6.07, 6.45) is 4.77. The van der Waals surface area contributed by atoms with Crippen molar-refractivity contribution in [1.82, 2.24) is 0 Å². The number of carbonyl (C=O) groups excluding carboxylic acids is 1. The summed E-state index contributed by atoms with van der Waals surface area (Å²) in [5, 5.41) is 32.2. The molecule has 0 saturated heterocycles. The van der Waals surface area contributed by atoms with Gasteiger partial charge in [0.05, 0.1) is 18.3 Å². The molecule has 3 rings (SSSR count). The van der Waals surface area contributed by atoms with Gasteiger partial charge in [0, 0.05) is 16.4 Å². The molecule has 5 heteroatoms. The van der Waals surface area contributed by atoms with Gasteiger partial charge in [-0.25, -0.2) is 4.79 Å². The fourth-order valence-corrected chi connectivity index (χ4v) is 5.56. The van der Waals surface area contributed by atoms with E-state index < -0.39 is 22.5 Å². The van der Waals surface area contributed by atoms with E-state index in [1.807, 2.05) is 6.92 Å². The van der Waals surface area contributed by atoms with Crippen molar-refractivity contribution in [2.75, 3.05) is 13.2 Å². The van der Waals surface area contributed by atoms with Crippen LogP contribution in [0, 0.1) is 16.7 Å². The lowest BCUT2D eigenvalue weighted by Crippen LogP contribution is -2.64. The Kier molecular flexibility index (Phi) is 4.63. The van der Waals surface area contributed by atoms with Gasteiger partial charge in [-0.1, -0.05) is 20.4 Å². The van der Waals surface area contributed by atoms with Crippen LogP contribution in [0.25, 0.3) is 0 Å². The summed E-state index contributed by atoms with van der Waals surface area (Å²) >= 11 is 0. The van der Waals surface area contributed by atoms with Crippen molar-refractivity contribution in [2.24, 2.45) is 16.7 Å². The minimum atomic E-state index is -1.11. The first kappa shape index (κ1) is 18.6. The molecule has 0 amide bonds. The first-order chi connectivity index (χ1) is 11.7. The number of rotatable bonds is 4. The van der Waals surface area contributed by atoms with Crippen LogP contribution in [0.4, 0.5) is 0 Å². The fraction of sp³-hybridized carbons (Fsp3) is 0.750. The van der Waals surface area contributed by atoms with Gasteiger partial charge in [-0.05, 0) is 56.1 Å². The summed E-state index contributed by atoms with van der Waals surface area (Å²) in [6, 6.07) is 0. The molecule has 0 aromatic heterocycles. The second-order valence-corrected chi connectivity index (χ2v) is 8.52. The lowest BCUT2D eigenvalue weighted by Gasteiger charge is -2.63. The zero-order chi connectivity index (χ0) is 18.5. The van der Waals surface area contributed by atoms with Gasteiger partial charge in [0.15, 0.2) is 0 Å². The van der Waals surface area contributed by atoms with Gasteiger partial charge in [-0.2, -0.15) is 0 Å². The number of ether oxygens (including phenoxy) is 1. The van der Waals surface area contributed by atoms with Crippen LogP contribution >= 0.6 is 0 Å². The van der Waals surface area contributed by atoms with Crippen LogP contribution in [0.1, 0.15) is 52.4 Å². The van der Waals surface area contributed by atoms with E-state index in [2.05, 4.69) is 13.5 Å². The molecule has 2 saturated carbocycles. The second-order valence-electron chi connectivity index (χ2n) is 8.52. The number of esters is 1. The third-order valence-electron chi connectivity index (χ3n) is 7.43. The molecule has 0 spiro atoms. The standard InChI is InChI=1S/C20H30O5/c1-13-4-5-15-18(2,12-21)16(22)7-9-19(15,3)20(13,24)10-6-14-8-11-25-17(14)23/h8,15-16,21-22,24H,1,4-7,9-12H2,2-3H3/t15-,16+,18-,19-,20+/m0/s1. The van der Waals surface area contributed by atoms with E-state index in [9.17, 15) is 20.1 Å². The van der Waals surface area contributed by atoms with Gasteiger partial charge in [-0.15, -0.1) is 0 Å². The fourth-order valence-electron chi connectivity index (χ4n) is 5.56. The maximum atomic E-state index is 11.7. The van der Waals surface area contributed by atoms with Crippen molar-refractivity contribution in [3.63, 3.8) is 0 Å². The Morgan fingerprint density at radius 3 is 2.68 bits per heavy atom. The van der Waals surface area contributed by atoms with Crippen molar-refractivity contribution >= 4 is 5.97 Å². The average Bonchev–Trinajstić information content (AvgIpc) is 2.99. The van der Waals surface area contributed by atoms with Crippen LogP contribution in [0.15, 0.2) is 23.8 Å². The molecule has 140 valence electrons. The number of aliphatic hydroxyl groups excluding tert-OH is 2. The molecular weight excluding hydrogens is 320 g/mol. The zero-order valence-electron chi connectivity index (χ0n) is 15.3. The Labute approximate surface area is 149 Å². The monoisotopic (exact) mass is 350 g/mol. The van der Waals surface area contributed by atoms with E-state index in [1.54, 1.807) is 6.08 Å². The molecule has 3 N–H and O–H groups in total. The summed E-state index contributed by atoms with van der Waals surface area (Å²) in [4.78, 5) is 11.7. The molecular formula is C20H30O5. The minimum absolute atomic E-state index is 0.00578. The van der Waals surface area contributed by atoms with E-state index in [1.165, 1.54) is 0 Å². The van der Waals surface area contributed by atoms with Crippen molar-refractivity contribution in [3.05, 3.63) is 23.8 Å². The smallest absolute Gasteiger partial charge is 0.334 e. The number of hydrogen-bond acceptors (Lipinski definition) is 5. The molecule has 5 nitrogen and oxygen atoms in total. The topological polar surface area (TPSA) is 87.0 Å². The molecule has 1 aliphatic heterocycles. The Hall–Kier alpha value is -1.17. The van der Waals surface area contributed by atoms with E-state index in [0.29, 0.717) is 44.3 Å². The number of fused-ring (bicyclic) bond motifs is 1. The molecule has 0 aromatic rings. The first-order valence-electron chi connectivity index (χ1n) is 9.25. The number of carbonyl (C=O) groups is 1. The van der Waals surface area contributed by atoms with Gasteiger partial charge < -0.3 is 20.1 Å². The highest BCUT2D eigenvalue weighted by molar-refractivity contribution is 5.90. The normalized spacial score (nSPS) is 44.3. The van der Waals surface area contributed by atoms with Crippen LogP contribution in [0.3, 0.4) is 0 Å². The molecule has 3 aliphatic rings. The minimum Gasteiger partial charge on any atom is -0.458 e. The molecule has 0 radical (unpaired) electrons. The molecule has 0 aromatic carbocycles.